The molecule has 0 bridgehead atoms. The third-order valence-electron chi connectivity index (χ3n) is 3.91. The van der Waals surface area contributed by atoms with Crippen LogP contribution in [-0.2, 0) is 4.79 Å². The smallest absolute Gasteiger partial charge is 0.249 e. The van der Waals surface area contributed by atoms with Gasteiger partial charge < -0.3 is 14.7 Å². The molecule has 4 nitrogen and oxygen atoms in total. The average Bonchev–Trinajstić information content (AvgIpc) is 2.62. The zero-order valence-corrected chi connectivity index (χ0v) is 14.6. The van der Waals surface area contributed by atoms with E-state index in [2.05, 4.69) is 0 Å². The van der Waals surface area contributed by atoms with E-state index in [-0.39, 0.29) is 18.3 Å². The van der Waals surface area contributed by atoms with Crippen molar-refractivity contribution in [3.63, 3.8) is 0 Å². The molecule has 0 saturated heterocycles. The van der Waals surface area contributed by atoms with Crippen molar-refractivity contribution in [3.05, 3.63) is 71.0 Å². The van der Waals surface area contributed by atoms with Crippen LogP contribution in [0.3, 0.4) is 0 Å². The summed E-state index contributed by atoms with van der Waals surface area (Å²) in [5.74, 6) is 0.0513. The fourth-order valence-corrected chi connectivity index (χ4v) is 2.46. The van der Waals surface area contributed by atoms with Crippen molar-refractivity contribution in [1.29, 1.82) is 0 Å². The number of carbonyl (C=O) groups is 1. The van der Waals surface area contributed by atoms with Crippen LogP contribution in [0.25, 0.3) is 6.08 Å². The summed E-state index contributed by atoms with van der Waals surface area (Å²) in [7, 11) is 3.18. The first-order valence-electron chi connectivity index (χ1n) is 7.92. The quantitative estimate of drug-likeness (QED) is 0.818. The van der Waals surface area contributed by atoms with Crippen LogP contribution in [0.1, 0.15) is 24.2 Å². The van der Waals surface area contributed by atoms with Crippen molar-refractivity contribution in [2.45, 2.75) is 13.0 Å². The Morgan fingerprint density at radius 1 is 1.24 bits per heavy atom. The van der Waals surface area contributed by atoms with E-state index >= 15 is 0 Å². The number of ether oxygens (including phenoxy) is 1. The van der Waals surface area contributed by atoms with Gasteiger partial charge in [0.1, 0.15) is 11.6 Å². The van der Waals surface area contributed by atoms with E-state index in [9.17, 15) is 14.3 Å². The highest BCUT2D eigenvalue weighted by Gasteiger charge is 2.17. The molecule has 132 valence electrons. The number of halogens is 1. The fraction of sp³-hybridized carbons (Fsp3) is 0.250. The lowest BCUT2D eigenvalue weighted by atomic mass is 10.1. The Balaban J connectivity index is 2.04. The second-order valence-corrected chi connectivity index (χ2v) is 5.82. The Labute approximate surface area is 147 Å². The number of aliphatic hydroxyl groups is 1. The topological polar surface area (TPSA) is 49.8 Å². The summed E-state index contributed by atoms with van der Waals surface area (Å²) in [6.07, 6.45) is 0.689. The third-order valence-corrected chi connectivity index (χ3v) is 3.91. The van der Waals surface area contributed by atoms with Crippen molar-refractivity contribution < 1.29 is 19.0 Å². The van der Waals surface area contributed by atoms with Gasteiger partial charge in [-0.2, -0.15) is 0 Å². The minimum Gasteiger partial charge on any atom is -0.497 e. The number of rotatable bonds is 6. The van der Waals surface area contributed by atoms with Gasteiger partial charge >= 0.3 is 0 Å². The number of hydrogen-bond donors (Lipinski definition) is 1. The van der Waals surface area contributed by atoms with E-state index in [1.165, 1.54) is 17.0 Å². The fourth-order valence-electron chi connectivity index (χ4n) is 2.46. The molecule has 0 aromatic heterocycles. The van der Waals surface area contributed by atoms with Crippen LogP contribution in [0.4, 0.5) is 4.39 Å². The molecule has 0 saturated carbocycles. The number of benzene rings is 2. The van der Waals surface area contributed by atoms with Crippen LogP contribution in [-0.4, -0.2) is 36.6 Å². The minimum absolute atomic E-state index is 0.133. The van der Waals surface area contributed by atoms with Gasteiger partial charge in [-0.05, 0) is 36.8 Å². The summed E-state index contributed by atoms with van der Waals surface area (Å²) in [5.41, 5.74) is 1.45. The van der Waals surface area contributed by atoms with Gasteiger partial charge in [-0.1, -0.05) is 30.3 Å². The van der Waals surface area contributed by atoms with E-state index in [1.54, 1.807) is 63.5 Å². The molecule has 0 heterocycles. The van der Waals surface area contributed by atoms with E-state index in [0.29, 0.717) is 22.4 Å². The number of likely N-dealkylation sites (N-methyl/N-ethyl adjacent to an activating group) is 1. The maximum atomic E-state index is 13.7. The zero-order valence-electron chi connectivity index (χ0n) is 14.6. The Morgan fingerprint density at radius 3 is 2.48 bits per heavy atom. The molecule has 0 aliphatic carbocycles. The lowest BCUT2D eigenvalue weighted by molar-refractivity contribution is -0.127. The number of methoxy groups -OCH3 is 1. The molecule has 2 aromatic rings. The molecule has 1 unspecified atom stereocenters. The predicted molar refractivity (Wildman–Crippen MR) is 95.6 cm³/mol. The largest absolute Gasteiger partial charge is 0.497 e. The molecule has 2 aromatic carbocycles. The zero-order chi connectivity index (χ0) is 18.4. The molecule has 1 atom stereocenters. The van der Waals surface area contributed by atoms with Crippen molar-refractivity contribution >= 4 is 12.0 Å². The Bertz CT molecular complexity index is 756. The van der Waals surface area contributed by atoms with Crippen LogP contribution in [0.5, 0.6) is 5.75 Å². The molecule has 0 aliphatic heterocycles. The van der Waals surface area contributed by atoms with Crippen LogP contribution >= 0.6 is 0 Å². The highest BCUT2D eigenvalue weighted by Crippen LogP contribution is 2.19. The highest BCUT2D eigenvalue weighted by molar-refractivity contribution is 5.97. The van der Waals surface area contributed by atoms with Gasteiger partial charge in [0.05, 0.1) is 19.8 Å². The Morgan fingerprint density at radius 2 is 1.88 bits per heavy atom. The third kappa shape index (κ3) is 4.90. The van der Waals surface area contributed by atoms with Gasteiger partial charge in [0.2, 0.25) is 5.91 Å². The van der Waals surface area contributed by atoms with E-state index < -0.39 is 6.10 Å². The standard InChI is InChI=1S/C20H22FNO3/c1-14(12-16-6-4-5-7-18(16)21)20(24)22(2)13-19(23)15-8-10-17(25-3)11-9-15/h4-12,19,23H,13H2,1-3H3/b14-12+. The summed E-state index contributed by atoms with van der Waals surface area (Å²) in [4.78, 5) is 13.8. The maximum Gasteiger partial charge on any atom is 0.249 e. The molecular formula is C20H22FNO3. The number of hydrogen-bond acceptors (Lipinski definition) is 3. The van der Waals surface area contributed by atoms with E-state index in [0.717, 1.165) is 0 Å². The van der Waals surface area contributed by atoms with Gasteiger partial charge in [-0.3, -0.25) is 4.79 Å². The van der Waals surface area contributed by atoms with Gasteiger partial charge in [-0.25, -0.2) is 4.39 Å². The lowest BCUT2D eigenvalue weighted by Crippen LogP contribution is -2.31. The van der Waals surface area contributed by atoms with Crippen LogP contribution in [0.2, 0.25) is 0 Å². The van der Waals surface area contributed by atoms with E-state index in [4.69, 9.17) is 4.74 Å². The van der Waals surface area contributed by atoms with E-state index in [1.807, 2.05) is 0 Å². The first-order valence-corrected chi connectivity index (χ1v) is 7.92. The first-order chi connectivity index (χ1) is 11.9. The molecule has 1 amide bonds. The molecule has 5 heteroatoms. The second kappa shape index (κ2) is 8.44. The van der Waals surface area contributed by atoms with Crippen LogP contribution in [0, 0.1) is 5.82 Å². The van der Waals surface area contributed by atoms with Crippen molar-refractivity contribution in [1.82, 2.24) is 4.90 Å². The van der Waals surface area contributed by atoms with Gasteiger partial charge in [0.25, 0.3) is 0 Å². The van der Waals surface area contributed by atoms with Crippen molar-refractivity contribution in [3.8, 4) is 5.75 Å². The number of amides is 1. The first kappa shape index (κ1) is 18.7. The lowest BCUT2D eigenvalue weighted by Gasteiger charge is -2.21. The SMILES string of the molecule is COc1ccc(C(O)CN(C)C(=O)/C(C)=C/c2ccccc2F)cc1. The minimum atomic E-state index is -0.818. The average molecular weight is 343 g/mol. The molecule has 0 fully saturated rings. The van der Waals surface area contributed by atoms with Crippen molar-refractivity contribution in [2.75, 3.05) is 20.7 Å². The Hall–Kier alpha value is -2.66. The summed E-state index contributed by atoms with van der Waals surface area (Å²) in [5, 5.41) is 10.3. The second-order valence-electron chi connectivity index (χ2n) is 5.82. The highest BCUT2D eigenvalue weighted by atomic mass is 19.1. The normalized spacial score (nSPS) is 12.6. The molecule has 25 heavy (non-hydrogen) atoms. The molecule has 2 rings (SSSR count). The van der Waals surface area contributed by atoms with Gasteiger partial charge in [0.15, 0.2) is 0 Å². The van der Waals surface area contributed by atoms with Gasteiger partial charge in [-0.15, -0.1) is 0 Å². The summed E-state index contributed by atoms with van der Waals surface area (Å²) in [6, 6.07) is 13.3. The maximum absolute atomic E-state index is 13.7. The molecule has 1 N–H and O–H groups in total. The molecule has 0 spiro atoms. The summed E-state index contributed by atoms with van der Waals surface area (Å²) < 4.78 is 18.8. The van der Waals surface area contributed by atoms with Gasteiger partial charge in [0, 0.05) is 18.2 Å². The predicted octanol–water partition coefficient (Wildman–Crippen LogP) is 3.43. The number of nitrogens with zero attached hydrogens (tertiary/aromatic N) is 1. The van der Waals surface area contributed by atoms with Crippen LogP contribution < -0.4 is 4.74 Å². The molecule has 0 aliphatic rings. The monoisotopic (exact) mass is 343 g/mol. The van der Waals surface area contributed by atoms with Crippen molar-refractivity contribution in [2.24, 2.45) is 0 Å². The molecule has 0 radical (unpaired) electrons. The van der Waals surface area contributed by atoms with Crippen LogP contribution in [0.15, 0.2) is 54.1 Å². The summed E-state index contributed by atoms with van der Waals surface area (Å²) >= 11 is 0. The Kier molecular flexibility index (Phi) is 6.31. The number of carbonyl (C=O) groups excluding carboxylic acids is 1. The summed E-state index contributed by atoms with van der Waals surface area (Å²) in [6.45, 7) is 1.76. The number of aliphatic hydroxyl groups excluding tert-OH is 1. The molecular weight excluding hydrogens is 321 g/mol.